The highest BCUT2D eigenvalue weighted by Gasteiger charge is 2.43. The zero-order valence-electron chi connectivity index (χ0n) is 23.8. The van der Waals surface area contributed by atoms with Gasteiger partial charge in [0.25, 0.3) is 0 Å². The van der Waals surface area contributed by atoms with Crippen LogP contribution in [0.4, 0.5) is 11.6 Å². The van der Waals surface area contributed by atoms with Gasteiger partial charge in [-0.15, -0.1) is 0 Å². The van der Waals surface area contributed by atoms with Crippen LogP contribution in [-0.2, 0) is 6.54 Å². The van der Waals surface area contributed by atoms with Crippen LogP contribution >= 0.6 is 0 Å². The van der Waals surface area contributed by atoms with Crippen LogP contribution in [0, 0.1) is 11.3 Å². The Bertz CT molecular complexity index is 2030. The Hall–Kier alpha value is -5.66. The normalized spacial score (nSPS) is 17.8. The van der Waals surface area contributed by atoms with Crippen LogP contribution in [0.15, 0.2) is 97.3 Å². The van der Waals surface area contributed by atoms with Crippen molar-refractivity contribution in [2.75, 3.05) is 23.7 Å². The van der Waals surface area contributed by atoms with Crippen LogP contribution in [0.1, 0.15) is 17.8 Å². The van der Waals surface area contributed by atoms with E-state index < -0.39 is 0 Å². The number of pyridine rings is 2. The number of hydrogen-bond acceptors (Lipinski definition) is 9. The summed E-state index contributed by atoms with van der Waals surface area (Å²) in [6.45, 7) is 2.73. The molecular formula is C34H28N10. The van der Waals surface area contributed by atoms with E-state index in [9.17, 15) is 5.26 Å². The van der Waals surface area contributed by atoms with Crippen molar-refractivity contribution in [3.05, 3.63) is 109 Å². The Morgan fingerprint density at radius 3 is 2.45 bits per heavy atom. The van der Waals surface area contributed by atoms with E-state index in [-0.39, 0.29) is 5.82 Å². The van der Waals surface area contributed by atoms with Gasteiger partial charge in [0.15, 0.2) is 11.5 Å². The molecule has 0 spiro atoms. The second-order valence-electron chi connectivity index (χ2n) is 11.3. The number of nitriles is 1. The minimum atomic E-state index is 0.216. The maximum absolute atomic E-state index is 9.20. The van der Waals surface area contributed by atoms with Crippen LogP contribution in [0.25, 0.3) is 39.5 Å². The molecule has 2 aromatic carbocycles. The first kappa shape index (κ1) is 26.0. The lowest BCUT2D eigenvalue weighted by Crippen LogP contribution is -2.46. The summed E-state index contributed by atoms with van der Waals surface area (Å²) in [5, 5.41) is 9.20. The number of hydrogen-bond donors (Lipinski definition) is 1. The van der Waals surface area contributed by atoms with E-state index in [1.807, 2.05) is 54.6 Å². The van der Waals surface area contributed by atoms with Crippen molar-refractivity contribution >= 4 is 22.8 Å². The Kier molecular flexibility index (Phi) is 6.24. The molecule has 0 amide bonds. The summed E-state index contributed by atoms with van der Waals surface area (Å²) in [7, 11) is 0. The molecule has 6 heterocycles. The van der Waals surface area contributed by atoms with Gasteiger partial charge in [0.2, 0.25) is 5.82 Å². The number of nitrogen functional groups attached to an aromatic ring is 1. The van der Waals surface area contributed by atoms with Gasteiger partial charge in [-0.05, 0) is 54.4 Å². The Morgan fingerprint density at radius 2 is 1.68 bits per heavy atom. The Labute approximate surface area is 254 Å². The van der Waals surface area contributed by atoms with Gasteiger partial charge >= 0.3 is 0 Å². The summed E-state index contributed by atoms with van der Waals surface area (Å²) in [5.41, 5.74) is 12.8. The van der Waals surface area contributed by atoms with Gasteiger partial charge in [0.1, 0.15) is 23.2 Å². The molecule has 0 radical (unpaired) electrons. The number of piperazine rings is 1. The molecule has 2 atom stereocenters. The second kappa shape index (κ2) is 10.6. The molecule has 2 aliphatic rings. The molecule has 2 fully saturated rings. The van der Waals surface area contributed by atoms with Crippen LogP contribution in [0.3, 0.4) is 0 Å². The first-order valence-electron chi connectivity index (χ1n) is 14.6. The fourth-order valence-corrected chi connectivity index (χ4v) is 6.53. The first-order chi connectivity index (χ1) is 21.6. The van der Waals surface area contributed by atoms with Gasteiger partial charge in [-0.25, -0.2) is 24.9 Å². The average Bonchev–Trinajstić information content (AvgIpc) is 3.78. The SMILES string of the molecule is N#Cc1nccc(N2C[C@@H]3C[C@H]2CN3Cc2ccc(-n3c(-c4cccnc4N)nc4ccc(-c5ccccc5)nc43)cc2)n1. The predicted molar refractivity (Wildman–Crippen MR) is 169 cm³/mol. The van der Waals surface area contributed by atoms with E-state index in [1.54, 1.807) is 12.4 Å². The van der Waals surface area contributed by atoms with Gasteiger partial charge in [0.05, 0.1) is 11.3 Å². The van der Waals surface area contributed by atoms with Crippen molar-refractivity contribution in [2.45, 2.75) is 25.0 Å². The minimum absolute atomic E-state index is 0.216. The Morgan fingerprint density at radius 1 is 0.818 bits per heavy atom. The molecule has 2 bridgehead atoms. The van der Waals surface area contributed by atoms with E-state index >= 15 is 0 Å². The van der Waals surface area contributed by atoms with E-state index in [0.29, 0.717) is 23.7 Å². The topological polar surface area (TPSA) is 126 Å². The largest absolute Gasteiger partial charge is 0.383 e. The first-order valence-corrected chi connectivity index (χ1v) is 14.6. The molecule has 44 heavy (non-hydrogen) atoms. The molecule has 10 nitrogen and oxygen atoms in total. The third-order valence-corrected chi connectivity index (χ3v) is 8.62. The molecule has 0 aliphatic carbocycles. The molecule has 6 aromatic rings. The summed E-state index contributed by atoms with van der Waals surface area (Å²) in [4.78, 5) is 27.7. The smallest absolute Gasteiger partial charge is 0.234 e. The van der Waals surface area contributed by atoms with Crippen LogP contribution in [0.5, 0.6) is 0 Å². The van der Waals surface area contributed by atoms with Crippen molar-refractivity contribution in [1.82, 2.24) is 34.4 Å². The Balaban J connectivity index is 1.09. The van der Waals surface area contributed by atoms with Crippen LogP contribution in [0.2, 0.25) is 0 Å². The number of imidazole rings is 1. The summed E-state index contributed by atoms with van der Waals surface area (Å²) >= 11 is 0. The van der Waals surface area contributed by atoms with Gasteiger partial charge in [0, 0.05) is 55.4 Å². The van der Waals surface area contributed by atoms with Crippen molar-refractivity contribution in [2.24, 2.45) is 0 Å². The average molecular weight is 577 g/mol. The quantitative estimate of drug-likeness (QED) is 0.296. The van der Waals surface area contributed by atoms with E-state index in [2.05, 4.69) is 65.7 Å². The molecule has 4 aromatic heterocycles. The number of aromatic nitrogens is 6. The fraction of sp³-hybridized carbons (Fsp3) is 0.176. The lowest BCUT2D eigenvalue weighted by atomic mass is 10.1. The number of nitrogens with two attached hydrogens (primary N) is 1. The molecule has 2 N–H and O–H groups in total. The van der Waals surface area contributed by atoms with Crippen molar-refractivity contribution in [3.8, 4) is 34.4 Å². The van der Waals surface area contributed by atoms with Crippen molar-refractivity contribution < 1.29 is 0 Å². The summed E-state index contributed by atoms with van der Waals surface area (Å²) in [5.74, 6) is 2.19. The molecule has 2 aliphatic heterocycles. The van der Waals surface area contributed by atoms with Gasteiger partial charge in [-0.2, -0.15) is 5.26 Å². The zero-order chi connectivity index (χ0) is 29.6. The monoisotopic (exact) mass is 576 g/mol. The maximum Gasteiger partial charge on any atom is 0.234 e. The number of anilines is 2. The summed E-state index contributed by atoms with van der Waals surface area (Å²) in [6, 6.07) is 31.4. The number of likely N-dealkylation sites (tertiary alicyclic amines) is 1. The van der Waals surface area contributed by atoms with E-state index in [0.717, 1.165) is 65.5 Å². The standard InChI is InChI=1S/C34H28N10/c35-18-30-37-16-14-31(41-30)43-21-25-17-26(43)20-42(25)19-22-8-10-24(11-9-22)44-33(27-7-4-15-38-32(27)36)40-29-13-12-28(39-34(29)44)23-5-2-1-3-6-23/h1-16,25-26H,17,19-21H2,(H2,36,38)/t25-,26-/m0/s1. The number of fused-ring (bicyclic) bond motifs is 3. The van der Waals surface area contributed by atoms with Gasteiger partial charge in [-0.3, -0.25) is 9.47 Å². The molecule has 10 heteroatoms. The van der Waals surface area contributed by atoms with Crippen LogP contribution < -0.4 is 10.6 Å². The minimum Gasteiger partial charge on any atom is -0.383 e. The van der Waals surface area contributed by atoms with Crippen LogP contribution in [-0.4, -0.2) is 59.6 Å². The predicted octanol–water partition coefficient (Wildman–Crippen LogP) is 4.86. The highest BCUT2D eigenvalue weighted by Crippen LogP contribution is 2.35. The third-order valence-electron chi connectivity index (χ3n) is 8.62. The molecule has 0 saturated carbocycles. The van der Waals surface area contributed by atoms with Gasteiger partial charge < -0.3 is 10.6 Å². The molecular weight excluding hydrogens is 548 g/mol. The number of nitrogens with zero attached hydrogens (tertiary/aromatic N) is 9. The van der Waals surface area contributed by atoms with E-state index in [1.165, 1.54) is 5.56 Å². The second-order valence-corrected chi connectivity index (χ2v) is 11.3. The molecule has 2 saturated heterocycles. The summed E-state index contributed by atoms with van der Waals surface area (Å²) in [6.07, 6.45) is 4.45. The summed E-state index contributed by atoms with van der Waals surface area (Å²) < 4.78 is 2.08. The zero-order valence-corrected chi connectivity index (χ0v) is 23.8. The highest BCUT2D eigenvalue weighted by molar-refractivity contribution is 5.84. The molecule has 0 unspecified atom stereocenters. The highest BCUT2D eigenvalue weighted by atomic mass is 15.4. The van der Waals surface area contributed by atoms with Crippen molar-refractivity contribution in [3.63, 3.8) is 0 Å². The van der Waals surface area contributed by atoms with Crippen molar-refractivity contribution in [1.29, 1.82) is 5.26 Å². The lowest BCUT2D eigenvalue weighted by molar-refractivity contribution is 0.230. The third kappa shape index (κ3) is 4.51. The lowest BCUT2D eigenvalue weighted by Gasteiger charge is -2.34. The number of rotatable bonds is 6. The van der Waals surface area contributed by atoms with Gasteiger partial charge in [-0.1, -0.05) is 42.5 Å². The fourth-order valence-electron chi connectivity index (χ4n) is 6.53. The number of benzene rings is 2. The molecule has 8 rings (SSSR count). The molecule has 214 valence electrons. The van der Waals surface area contributed by atoms with E-state index in [4.69, 9.17) is 15.7 Å². The maximum atomic E-state index is 9.20.